The molecule has 0 aliphatic carbocycles. The minimum atomic E-state index is 0.0771. The Bertz CT molecular complexity index is 679. The lowest BCUT2D eigenvalue weighted by Crippen LogP contribution is -2.52. The monoisotopic (exact) mass is 298 g/mol. The molecule has 1 N–H and O–H groups in total. The van der Waals surface area contributed by atoms with Crippen LogP contribution in [0.2, 0.25) is 0 Å². The van der Waals surface area contributed by atoms with Crippen LogP contribution in [0, 0.1) is 6.92 Å². The van der Waals surface area contributed by atoms with E-state index in [2.05, 4.69) is 4.90 Å². The van der Waals surface area contributed by atoms with E-state index >= 15 is 0 Å². The molecule has 1 aliphatic rings. The number of anilines is 1. The summed E-state index contributed by atoms with van der Waals surface area (Å²) in [6.07, 6.45) is 1.61. The minimum Gasteiger partial charge on any atom is -0.350 e. The highest BCUT2D eigenvalue weighted by Crippen LogP contribution is 2.14. The summed E-state index contributed by atoms with van der Waals surface area (Å²) in [5, 5.41) is 9.84. The number of aromatic nitrogens is 1. The lowest BCUT2D eigenvalue weighted by molar-refractivity contribution is -0.894. The van der Waals surface area contributed by atoms with Gasteiger partial charge in [0.2, 0.25) is 0 Å². The van der Waals surface area contributed by atoms with Crippen LogP contribution in [-0.4, -0.2) is 42.2 Å². The van der Waals surface area contributed by atoms with Gasteiger partial charge in [-0.15, -0.1) is 0 Å². The van der Waals surface area contributed by atoms with E-state index in [1.54, 1.807) is 12.3 Å². The molecule has 5 nitrogen and oxygen atoms in total. The molecule has 0 unspecified atom stereocenters. The number of hydrogen-bond donors (Lipinski definition) is 1. The molecule has 3 rings (SSSR count). The predicted octanol–water partition coefficient (Wildman–Crippen LogP) is 1.48. The molecular weight excluding hydrogens is 278 g/mol. The van der Waals surface area contributed by atoms with Crippen molar-refractivity contribution < 1.29 is 14.7 Å². The average Bonchev–Trinajstić information content (AvgIpc) is 2.55. The van der Waals surface area contributed by atoms with Gasteiger partial charge >= 0.3 is 5.82 Å². The Labute approximate surface area is 130 Å². The fourth-order valence-electron chi connectivity index (χ4n) is 2.78. The number of aryl methyl sites for hydroxylation is 1. The predicted molar refractivity (Wildman–Crippen MR) is 83.1 cm³/mol. The van der Waals surface area contributed by atoms with Gasteiger partial charge in [-0.3, -0.25) is 9.69 Å². The summed E-state index contributed by atoms with van der Waals surface area (Å²) in [4.78, 5) is 16.5. The number of pyridine rings is 1. The van der Waals surface area contributed by atoms with E-state index in [0.717, 1.165) is 21.7 Å². The van der Waals surface area contributed by atoms with Crippen LogP contribution in [-0.2, 0) is 0 Å². The van der Waals surface area contributed by atoms with Gasteiger partial charge in [-0.05, 0) is 25.1 Å². The molecule has 2 aromatic rings. The summed E-state index contributed by atoms with van der Waals surface area (Å²) in [6.45, 7) is 4.72. The minimum absolute atomic E-state index is 0.0771. The van der Waals surface area contributed by atoms with Crippen LogP contribution < -0.4 is 9.63 Å². The van der Waals surface area contributed by atoms with Gasteiger partial charge in [0, 0.05) is 11.6 Å². The van der Waals surface area contributed by atoms with Crippen molar-refractivity contribution in [2.24, 2.45) is 0 Å². The molecule has 22 heavy (non-hydrogen) atoms. The molecule has 5 heteroatoms. The smallest absolute Gasteiger partial charge is 0.316 e. The number of benzene rings is 1. The maximum atomic E-state index is 12.5. The highest BCUT2D eigenvalue weighted by molar-refractivity contribution is 5.94. The third kappa shape index (κ3) is 2.88. The van der Waals surface area contributed by atoms with Crippen LogP contribution in [0.3, 0.4) is 0 Å². The lowest BCUT2D eigenvalue weighted by Gasteiger charge is -2.31. The molecule has 1 aliphatic heterocycles. The van der Waals surface area contributed by atoms with Gasteiger partial charge in [-0.25, -0.2) is 0 Å². The molecular formula is C17H20N3O2+. The van der Waals surface area contributed by atoms with Crippen LogP contribution in [0.1, 0.15) is 15.9 Å². The van der Waals surface area contributed by atoms with E-state index in [0.29, 0.717) is 26.2 Å². The van der Waals surface area contributed by atoms with E-state index in [4.69, 9.17) is 0 Å². The van der Waals surface area contributed by atoms with Crippen LogP contribution in [0.4, 0.5) is 5.82 Å². The van der Waals surface area contributed by atoms with Crippen LogP contribution >= 0.6 is 0 Å². The number of amides is 1. The molecule has 0 atom stereocenters. The van der Waals surface area contributed by atoms with Crippen molar-refractivity contribution in [1.29, 1.82) is 0 Å². The quantitative estimate of drug-likeness (QED) is 0.675. The summed E-state index contributed by atoms with van der Waals surface area (Å²) >= 11 is 0. The normalized spacial score (nSPS) is 15.0. The zero-order valence-corrected chi connectivity index (χ0v) is 12.6. The standard InChI is InChI=1S/C17H20N3O2/c1-14-5-4-6-15(13-14)17(21)19-11-9-18(10-12-19)16-7-2-3-8-20(16)22/h2-8,13,22H,9-12H2,1H3/q+1. The summed E-state index contributed by atoms with van der Waals surface area (Å²) in [5.74, 6) is 0.832. The molecule has 0 bridgehead atoms. The zero-order valence-electron chi connectivity index (χ0n) is 12.6. The van der Waals surface area contributed by atoms with Crippen molar-refractivity contribution in [1.82, 2.24) is 4.90 Å². The lowest BCUT2D eigenvalue weighted by atomic mass is 10.1. The van der Waals surface area contributed by atoms with E-state index in [1.165, 1.54) is 0 Å². The number of nitrogens with zero attached hydrogens (tertiary/aromatic N) is 3. The molecule has 2 heterocycles. The van der Waals surface area contributed by atoms with Gasteiger partial charge in [-0.2, -0.15) is 0 Å². The Balaban J connectivity index is 1.67. The number of carbonyl (C=O) groups is 1. The second kappa shape index (κ2) is 6.05. The zero-order chi connectivity index (χ0) is 15.5. The second-order valence-corrected chi connectivity index (χ2v) is 5.55. The van der Waals surface area contributed by atoms with Gasteiger partial charge in [-0.1, -0.05) is 28.5 Å². The van der Waals surface area contributed by atoms with E-state index in [1.807, 2.05) is 48.2 Å². The van der Waals surface area contributed by atoms with E-state index in [-0.39, 0.29) is 5.91 Å². The van der Waals surface area contributed by atoms with Crippen molar-refractivity contribution in [3.63, 3.8) is 0 Å². The molecule has 0 saturated carbocycles. The Hall–Kier alpha value is -2.56. The Morgan fingerprint density at radius 3 is 2.55 bits per heavy atom. The molecule has 114 valence electrons. The molecule has 1 aromatic heterocycles. The molecule has 1 amide bonds. The largest absolute Gasteiger partial charge is 0.350 e. The molecule has 0 spiro atoms. The van der Waals surface area contributed by atoms with Gasteiger partial charge < -0.3 is 10.1 Å². The molecule has 1 saturated heterocycles. The van der Waals surface area contributed by atoms with Crippen LogP contribution in [0.5, 0.6) is 0 Å². The first-order valence-electron chi connectivity index (χ1n) is 7.46. The third-order valence-corrected chi connectivity index (χ3v) is 3.97. The van der Waals surface area contributed by atoms with Gasteiger partial charge in [0.15, 0.2) is 0 Å². The van der Waals surface area contributed by atoms with E-state index in [9.17, 15) is 10.0 Å². The fourth-order valence-corrected chi connectivity index (χ4v) is 2.78. The van der Waals surface area contributed by atoms with Gasteiger partial charge in [0.1, 0.15) is 19.3 Å². The fraction of sp³-hybridized carbons (Fsp3) is 0.294. The first kappa shape index (κ1) is 14.4. The highest BCUT2D eigenvalue weighted by Gasteiger charge is 2.28. The van der Waals surface area contributed by atoms with Crippen LogP contribution in [0.25, 0.3) is 0 Å². The Morgan fingerprint density at radius 1 is 1.09 bits per heavy atom. The first-order valence-corrected chi connectivity index (χ1v) is 7.46. The highest BCUT2D eigenvalue weighted by atomic mass is 16.5. The Kier molecular flexibility index (Phi) is 3.96. The summed E-state index contributed by atoms with van der Waals surface area (Å²) < 4.78 is 1.12. The second-order valence-electron chi connectivity index (χ2n) is 5.55. The molecule has 1 aromatic carbocycles. The summed E-state index contributed by atoms with van der Waals surface area (Å²) in [7, 11) is 0. The van der Waals surface area contributed by atoms with Crippen molar-refractivity contribution in [3.8, 4) is 0 Å². The number of rotatable bonds is 2. The van der Waals surface area contributed by atoms with Crippen molar-refractivity contribution in [3.05, 3.63) is 59.8 Å². The van der Waals surface area contributed by atoms with Crippen LogP contribution in [0.15, 0.2) is 48.7 Å². The molecule has 0 radical (unpaired) electrons. The average molecular weight is 298 g/mol. The van der Waals surface area contributed by atoms with E-state index < -0.39 is 0 Å². The maximum absolute atomic E-state index is 12.5. The topological polar surface area (TPSA) is 47.7 Å². The number of piperazine rings is 1. The maximum Gasteiger partial charge on any atom is 0.316 e. The number of hydrogen-bond acceptors (Lipinski definition) is 3. The summed E-state index contributed by atoms with van der Waals surface area (Å²) in [5.41, 5.74) is 1.83. The van der Waals surface area contributed by atoms with Gasteiger partial charge in [0.25, 0.3) is 5.91 Å². The molecule has 1 fully saturated rings. The van der Waals surface area contributed by atoms with Gasteiger partial charge in [0.05, 0.1) is 13.1 Å². The third-order valence-electron chi connectivity index (χ3n) is 3.97. The first-order chi connectivity index (χ1) is 10.6. The van der Waals surface area contributed by atoms with Crippen molar-refractivity contribution in [2.45, 2.75) is 6.92 Å². The Morgan fingerprint density at radius 2 is 1.86 bits per heavy atom. The SMILES string of the molecule is Cc1cccc(C(=O)N2CCN(c3cccc[n+]3O)CC2)c1. The number of carbonyl (C=O) groups excluding carboxylic acids is 1. The van der Waals surface area contributed by atoms with Crippen molar-refractivity contribution >= 4 is 11.7 Å². The van der Waals surface area contributed by atoms with Crippen molar-refractivity contribution in [2.75, 3.05) is 31.1 Å². The summed E-state index contributed by atoms with van der Waals surface area (Å²) in [6, 6.07) is 13.2.